The van der Waals surface area contributed by atoms with Gasteiger partial charge < -0.3 is 10.5 Å². The van der Waals surface area contributed by atoms with Crippen molar-refractivity contribution in [2.24, 2.45) is 5.73 Å². The van der Waals surface area contributed by atoms with Crippen molar-refractivity contribution in [1.82, 2.24) is 4.90 Å². The van der Waals surface area contributed by atoms with Crippen LogP contribution in [-0.4, -0.2) is 36.6 Å². The lowest BCUT2D eigenvalue weighted by Crippen LogP contribution is -2.43. The fourth-order valence-electron chi connectivity index (χ4n) is 3.05. The number of benzene rings is 2. The highest BCUT2D eigenvalue weighted by Gasteiger charge is 2.16. The molecular formula is C23H34BrN3O2. The molecule has 0 bridgehead atoms. The second kappa shape index (κ2) is 13.2. The molecule has 0 saturated carbocycles. The Balaban J connectivity index is 0.00000420. The van der Waals surface area contributed by atoms with Gasteiger partial charge >= 0.3 is 6.03 Å². The zero-order valence-corrected chi connectivity index (χ0v) is 19.4. The molecule has 2 amide bonds. The van der Waals surface area contributed by atoms with Crippen LogP contribution in [0.25, 0.3) is 0 Å². The van der Waals surface area contributed by atoms with Crippen LogP contribution >= 0.6 is 17.0 Å². The van der Waals surface area contributed by atoms with E-state index in [2.05, 4.69) is 25.7 Å². The summed E-state index contributed by atoms with van der Waals surface area (Å²) in [5, 5.41) is 0. The number of carbonyl (C=O) groups excluding carboxylic acids is 1. The first-order chi connectivity index (χ1) is 13.5. The number of amides is 2. The molecule has 0 aliphatic carbocycles. The standard InChI is InChI=1S/C23H33N3O2.BrH/c1-4-5-15-25(19(2)3)16-17-26(23(24)27)21-11-13-22(14-12-21)28-18-20-9-7-6-8-10-20;/h6-14,19H,4-5,15-18H2,1-3H3,(H2,24,27);1H. The van der Waals surface area contributed by atoms with Gasteiger partial charge in [-0.2, -0.15) is 0 Å². The SMILES string of the molecule is Br.CCCCN(CCN(C(N)=O)c1ccc(OCc2ccccc2)cc1)C(C)C. The second-order valence-electron chi connectivity index (χ2n) is 7.24. The molecule has 0 spiro atoms. The number of rotatable bonds is 11. The molecule has 0 saturated heterocycles. The molecule has 2 aromatic carbocycles. The molecular weight excluding hydrogens is 430 g/mol. The molecule has 160 valence electrons. The average Bonchev–Trinajstić information content (AvgIpc) is 2.70. The summed E-state index contributed by atoms with van der Waals surface area (Å²) in [5.41, 5.74) is 7.55. The van der Waals surface area contributed by atoms with E-state index in [1.165, 1.54) is 0 Å². The maximum absolute atomic E-state index is 12.0. The summed E-state index contributed by atoms with van der Waals surface area (Å²) in [5.74, 6) is 0.767. The third-order valence-electron chi connectivity index (χ3n) is 4.80. The number of anilines is 1. The normalized spacial score (nSPS) is 10.7. The summed E-state index contributed by atoms with van der Waals surface area (Å²) in [4.78, 5) is 16.0. The van der Waals surface area contributed by atoms with E-state index < -0.39 is 6.03 Å². The average molecular weight is 464 g/mol. The smallest absolute Gasteiger partial charge is 0.319 e. The number of primary amides is 1. The number of unbranched alkanes of at least 4 members (excludes halogenated alkanes) is 1. The summed E-state index contributed by atoms with van der Waals surface area (Å²) < 4.78 is 5.82. The molecule has 2 aromatic rings. The first-order valence-corrected chi connectivity index (χ1v) is 10.1. The number of nitrogens with zero attached hydrogens (tertiary/aromatic N) is 2. The van der Waals surface area contributed by atoms with Gasteiger partial charge in [0.2, 0.25) is 0 Å². The Bertz CT molecular complexity index is 708. The van der Waals surface area contributed by atoms with Gasteiger partial charge in [0.05, 0.1) is 0 Å². The van der Waals surface area contributed by atoms with Gasteiger partial charge in [-0.1, -0.05) is 43.7 Å². The Morgan fingerprint density at radius 3 is 2.21 bits per heavy atom. The molecule has 0 aromatic heterocycles. The van der Waals surface area contributed by atoms with Crippen molar-refractivity contribution in [2.45, 2.75) is 46.3 Å². The van der Waals surface area contributed by atoms with Crippen molar-refractivity contribution >= 4 is 28.7 Å². The summed E-state index contributed by atoms with van der Waals surface area (Å²) in [7, 11) is 0. The molecule has 6 heteroatoms. The van der Waals surface area contributed by atoms with E-state index in [-0.39, 0.29) is 17.0 Å². The minimum absolute atomic E-state index is 0. The van der Waals surface area contributed by atoms with Gasteiger partial charge in [0.1, 0.15) is 12.4 Å². The Morgan fingerprint density at radius 2 is 1.66 bits per heavy atom. The molecule has 0 aliphatic heterocycles. The van der Waals surface area contributed by atoms with Gasteiger partial charge in [-0.05, 0) is 56.6 Å². The van der Waals surface area contributed by atoms with E-state index >= 15 is 0 Å². The van der Waals surface area contributed by atoms with Gasteiger partial charge in [-0.25, -0.2) is 4.79 Å². The van der Waals surface area contributed by atoms with Gasteiger partial charge in [-0.15, -0.1) is 17.0 Å². The molecule has 0 unspecified atom stereocenters. The molecule has 29 heavy (non-hydrogen) atoms. The fourth-order valence-corrected chi connectivity index (χ4v) is 3.05. The summed E-state index contributed by atoms with van der Waals surface area (Å²) in [6.07, 6.45) is 2.31. The Hall–Kier alpha value is -2.05. The van der Waals surface area contributed by atoms with E-state index in [1.54, 1.807) is 4.90 Å². The van der Waals surface area contributed by atoms with Crippen molar-refractivity contribution in [2.75, 3.05) is 24.5 Å². The predicted octanol–water partition coefficient (Wildman–Crippen LogP) is 5.24. The molecule has 0 atom stereocenters. The third kappa shape index (κ3) is 8.46. The Labute approximate surface area is 185 Å². The molecule has 0 radical (unpaired) electrons. The lowest BCUT2D eigenvalue weighted by molar-refractivity contribution is 0.220. The minimum Gasteiger partial charge on any atom is -0.489 e. The van der Waals surface area contributed by atoms with Crippen LogP contribution < -0.4 is 15.4 Å². The lowest BCUT2D eigenvalue weighted by atomic mass is 10.2. The topological polar surface area (TPSA) is 58.8 Å². The van der Waals surface area contributed by atoms with Crippen LogP contribution in [0.4, 0.5) is 10.5 Å². The molecule has 2 rings (SSSR count). The molecule has 5 nitrogen and oxygen atoms in total. The second-order valence-corrected chi connectivity index (χ2v) is 7.24. The van der Waals surface area contributed by atoms with Gasteiger partial charge in [0, 0.05) is 24.8 Å². The summed E-state index contributed by atoms with van der Waals surface area (Å²) in [6.45, 7) is 9.48. The van der Waals surface area contributed by atoms with Crippen molar-refractivity contribution in [3.05, 3.63) is 60.2 Å². The van der Waals surface area contributed by atoms with Crippen molar-refractivity contribution in [1.29, 1.82) is 0 Å². The minimum atomic E-state index is -0.433. The maximum Gasteiger partial charge on any atom is 0.319 e. The van der Waals surface area contributed by atoms with Crippen molar-refractivity contribution < 1.29 is 9.53 Å². The number of halogens is 1. The zero-order chi connectivity index (χ0) is 20.4. The van der Waals surface area contributed by atoms with E-state index in [0.717, 1.165) is 42.9 Å². The largest absolute Gasteiger partial charge is 0.489 e. The molecule has 0 fully saturated rings. The monoisotopic (exact) mass is 463 g/mol. The number of nitrogens with two attached hydrogens (primary N) is 1. The van der Waals surface area contributed by atoms with E-state index in [9.17, 15) is 4.79 Å². The first-order valence-electron chi connectivity index (χ1n) is 10.1. The van der Waals surface area contributed by atoms with Crippen LogP contribution in [0.1, 0.15) is 39.2 Å². The van der Waals surface area contributed by atoms with Gasteiger partial charge in [0.25, 0.3) is 0 Å². The number of hydrogen-bond acceptors (Lipinski definition) is 3. The summed E-state index contributed by atoms with van der Waals surface area (Å²) >= 11 is 0. The fraction of sp³-hybridized carbons (Fsp3) is 0.435. The Kier molecular flexibility index (Phi) is 11.4. The zero-order valence-electron chi connectivity index (χ0n) is 17.7. The van der Waals surface area contributed by atoms with Crippen LogP contribution in [0.2, 0.25) is 0 Å². The quantitative estimate of drug-likeness (QED) is 0.495. The predicted molar refractivity (Wildman–Crippen MR) is 126 cm³/mol. The Morgan fingerprint density at radius 1 is 1.00 bits per heavy atom. The van der Waals surface area contributed by atoms with Crippen LogP contribution in [0, 0.1) is 0 Å². The number of ether oxygens (including phenoxy) is 1. The third-order valence-corrected chi connectivity index (χ3v) is 4.80. The molecule has 0 aliphatic rings. The van der Waals surface area contributed by atoms with E-state index in [4.69, 9.17) is 10.5 Å². The van der Waals surface area contributed by atoms with Crippen molar-refractivity contribution in [3.63, 3.8) is 0 Å². The molecule has 2 N–H and O–H groups in total. The number of carbonyl (C=O) groups is 1. The lowest BCUT2D eigenvalue weighted by Gasteiger charge is -2.29. The van der Waals surface area contributed by atoms with Crippen LogP contribution in [0.3, 0.4) is 0 Å². The first kappa shape index (κ1) is 25.0. The van der Waals surface area contributed by atoms with Gasteiger partial charge in [0.15, 0.2) is 0 Å². The highest BCUT2D eigenvalue weighted by atomic mass is 79.9. The number of hydrogen-bond donors (Lipinski definition) is 1. The van der Waals surface area contributed by atoms with Crippen molar-refractivity contribution in [3.8, 4) is 5.75 Å². The highest BCUT2D eigenvalue weighted by molar-refractivity contribution is 8.93. The van der Waals surface area contributed by atoms with E-state index in [1.807, 2.05) is 54.6 Å². The van der Waals surface area contributed by atoms with Crippen LogP contribution in [-0.2, 0) is 6.61 Å². The number of urea groups is 1. The highest BCUT2D eigenvalue weighted by Crippen LogP contribution is 2.20. The molecule has 0 heterocycles. The summed E-state index contributed by atoms with van der Waals surface area (Å²) in [6, 6.07) is 17.6. The maximum atomic E-state index is 12.0. The van der Waals surface area contributed by atoms with Gasteiger partial charge in [-0.3, -0.25) is 9.80 Å². The van der Waals surface area contributed by atoms with Crippen LogP contribution in [0.5, 0.6) is 5.75 Å². The van der Waals surface area contributed by atoms with E-state index in [0.29, 0.717) is 19.2 Å². The van der Waals surface area contributed by atoms with Crippen LogP contribution in [0.15, 0.2) is 54.6 Å².